The lowest BCUT2D eigenvalue weighted by Gasteiger charge is -2.30. The van der Waals surface area contributed by atoms with E-state index in [-0.39, 0.29) is 18.2 Å². The standard InChI is InChI=1S/C23H29N3O5/c1-4-30-18-5-7-19(8-6-18)31-15-21(27)24-20-13-17(14-25(3)23(20)29)22(28)26-11-9-16(2)10-12-26/h5-8,13-14,16H,4,9-12,15H2,1-3H3,(H,24,27). The maximum Gasteiger partial charge on any atom is 0.274 e. The number of amides is 2. The van der Waals surface area contributed by atoms with Crippen molar-refractivity contribution in [1.82, 2.24) is 9.47 Å². The van der Waals surface area contributed by atoms with Gasteiger partial charge in [-0.15, -0.1) is 0 Å². The maximum absolute atomic E-state index is 12.9. The van der Waals surface area contributed by atoms with Crippen LogP contribution in [0.2, 0.25) is 0 Å². The number of rotatable bonds is 7. The van der Waals surface area contributed by atoms with Gasteiger partial charge in [-0.1, -0.05) is 6.92 Å². The van der Waals surface area contributed by atoms with Gasteiger partial charge in [0.15, 0.2) is 6.61 Å². The highest BCUT2D eigenvalue weighted by Crippen LogP contribution is 2.19. The van der Waals surface area contributed by atoms with Crippen molar-refractivity contribution >= 4 is 17.5 Å². The average Bonchev–Trinajstić information content (AvgIpc) is 2.76. The molecule has 0 bridgehead atoms. The highest BCUT2D eigenvalue weighted by Gasteiger charge is 2.23. The minimum Gasteiger partial charge on any atom is -0.494 e. The number of nitrogens with one attached hydrogen (secondary N) is 1. The van der Waals surface area contributed by atoms with Gasteiger partial charge < -0.3 is 24.3 Å². The predicted molar refractivity (Wildman–Crippen MR) is 118 cm³/mol. The van der Waals surface area contributed by atoms with Crippen molar-refractivity contribution in [2.75, 3.05) is 31.6 Å². The molecule has 1 aromatic carbocycles. The summed E-state index contributed by atoms with van der Waals surface area (Å²) in [7, 11) is 1.56. The van der Waals surface area contributed by atoms with Gasteiger partial charge >= 0.3 is 0 Å². The van der Waals surface area contributed by atoms with Crippen LogP contribution >= 0.6 is 0 Å². The van der Waals surface area contributed by atoms with Gasteiger partial charge in [-0.05, 0) is 56.0 Å². The zero-order chi connectivity index (χ0) is 22.4. The Bertz CT molecular complexity index is 976. The Labute approximate surface area is 181 Å². The Morgan fingerprint density at radius 3 is 2.32 bits per heavy atom. The second-order valence-electron chi connectivity index (χ2n) is 7.77. The van der Waals surface area contributed by atoms with E-state index in [4.69, 9.17) is 9.47 Å². The van der Waals surface area contributed by atoms with Crippen LogP contribution in [-0.2, 0) is 11.8 Å². The van der Waals surface area contributed by atoms with E-state index in [2.05, 4.69) is 12.2 Å². The number of hydrogen-bond donors (Lipinski definition) is 1. The zero-order valence-electron chi connectivity index (χ0n) is 18.2. The van der Waals surface area contributed by atoms with Crippen molar-refractivity contribution in [3.8, 4) is 11.5 Å². The summed E-state index contributed by atoms with van der Waals surface area (Å²) in [4.78, 5) is 39.4. The molecule has 1 fully saturated rings. The number of likely N-dealkylation sites (tertiary alicyclic amines) is 1. The van der Waals surface area contributed by atoms with Crippen LogP contribution in [0.25, 0.3) is 0 Å². The number of aryl methyl sites for hydroxylation is 1. The lowest BCUT2D eigenvalue weighted by atomic mass is 9.99. The fourth-order valence-corrected chi connectivity index (χ4v) is 3.45. The molecule has 1 N–H and O–H groups in total. The first-order chi connectivity index (χ1) is 14.9. The number of piperidine rings is 1. The first-order valence-electron chi connectivity index (χ1n) is 10.5. The van der Waals surface area contributed by atoms with Crippen LogP contribution in [0.5, 0.6) is 11.5 Å². The minimum atomic E-state index is -0.484. The Morgan fingerprint density at radius 1 is 1.10 bits per heavy atom. The molecule has 166 valence electrons. The van der Waals surface area contributed by atoms with E-state index < -0.39 is 11.5 Å². The largest absolute Gasteiger partial charge is 0.494 e. The van der Waals surface area contributed by atoms with E-state index in [0.29, 0.717) is 42.7 Å². The number of benzene rings is 1. The Hall–Kier alpha value is -3.29. The van der Waals surface area contributed by atoms with Gasteiger partial charge in [0.05, 0.1) is 12.2 Å². The van der Waals surface area contributed by atoms with E-state index in [1.165, 1.54) is 16.8 Å². The molecule has 0 unspecified atom stereocenters. The number of hydrogen-bond acceptors (Lipinski definition) is 5. The lowest BCUT2D eigenvalue weighted by molar-refractivity contribution is -0.118. The molecule has 0 aliphatic carbocycles. The monoisotopic (exact) mass is 427 g/mol. The number of carbonyl (C=O) groups is 2. The second kappa shape index (κ2) is 10.1. The number of aromatic nitrogens is 1. The van der Waals surface area contributed by atoms with Crippen LogP contribution < -0.4 is 20.3 Å². The first kappa shape index (κ1) is 22.4. The number of nitrogens with zero attached hydrogens (tertiary/aromatic N) is 2. The van der Waals surface area contributed by atoms with Gasteiger partial charge in [0.25, 0.3) is 17.4 Å². The highest BCUT2D eigenvalue weighted by atomic mass is 16.5. The summed E-state index contributed by atoms with van der Waals surface area (Å²) in [5.41, 5.74) is 0.0386. The predicted octanol–water partition coefficient (Wildman–Crippen LogP) is 2.67. The molecule has 0 atom stereocenters. The molecule has 2 amide bonds. The average molecular weight is 428 g/mol. The third-order valence-electron chi connectivity index (χ3n) is 5.28. The van der Waals surface area contributed by atoms with Crippen LogP contribution in [0.1, 0.15) is 37.0 Å². The minimum absolute atomic E-state index is 0.0546. The summed E-state index contributed by atoms with van der Waals surface area (Å²) >= 11 is 0. The summed E-state index contributed by atoms with van der Waals surface area (Å²) in [6.45, 7) is 5.77. The lowest BCUT2D eigenvalue weighted by Crippen LogP contribution is -2.38. The van der Waals surface area contributed by atoms with Crippen molar-refractivity contribution in [2.24, 2.45) is 13.0 Å². The first-order valence-corrected chi connectivity index (χ1v) is 10.5. The van der Waals surface area contributed by atoms with E-state index in [0.717, 1.165) is 12.8 Å². The smallest absolute Gasteiger partial charge is 0.274 e. The van der Waals surface area contributed by atoms with Crippen molar-refractivity contribution in [3.63, 3.8) is 0 Å². The topological polar surface area (TPSA) is 89.9 Å². The molecule has 3 rings (SSSR count). The molecule has 0 spiro atoms. The summed E-state index contributed by atoms with van der Waals surface area (Å²) in [6.07, 6.45) is 3.43. The second-order valence-corrected chi connectivity index (χ2v) is 7.77. The zero-order valence-corrected chi connectivity index (χ0v) is 18.2. The SMILES string of the molecule is CCOc1ccc(OCC(=O)Nc2cc(C(=O)N3CCC(C)CC3)cn(C)c2=O)cc1. The number of pyridine rings is 1. The molecule has 1 aromatic heterocycles. The van der Waals surface area contributed by atoms with Crippen LogP contribution in [0, 0.1) is 5.92 Å². The molecule has 1 saturated heterocycles. The maximum atomic E-state index is 12.9. The third kappa shape index (κ3) is 5.87. The highest BCUT2D eigenvalue weighted by molar-refractivity contribution is 5.97. The van der Waals surface area contributed by atoms with Crippen LogP contribution in [0.4, 0.5) is 5.69 Å². The van der Waals surface area contributed by atoms with Crippen molar-refractivity contribution in [1.29, 1.82) is 0 Å². The van der Waals surface area contributed by atoms with Crippen LogP contribution in [-0.4, -0.2) is 47.6 Å². The van der Waals surface area contributed by atoms with Crippen LogP contribution in [0.3, 0.4) is 0 Å². The molecule has 31 heavy (non-hydrogen) atoms. The summed E-state index contributed by atoms with van der Waals surface area (Å²) in [5.74, 6) is 1.21. The van der Waals surface area contributed by atoms with Crippen molar-refractivity contribution in [3.05, 3.63) is 52.4 Å². The Balaban J connectivity index is 1.64. The molecular weight excluding hydrogens is 398 g/mol. The van der Waals surface area contributed by atoms with Gasteiger partial charge in [-0.25, -0.2) is 0 Å². The number of carbonyl (C=O) groups excluding carboxylic acids is 2. The Morgan fingerprint density at radius 2 is 1.71 bits per heavy atom. The van der Waals surface area contributed by atoms with E-state index in [1.54, 1.807) is 36.2 Å². The number of ether oxygens (including phenoxy) is 2. The summed E-state index contributed by atoms with van der Waals surface area (Å²) < 4.78 is 12.1. The van der Waals surface area contributed by atoms with Gasteiger partial charge in [-0.2, -0.15) is 0 Å². The normalized spacial score (nSPS) is 14.2. The van der Waals surface area contributed by atoms with E-state index in [9.17, 15) is 14.4 Å². The fourth-order valence-electron chi connectivity index (χ4n) is 3.45. The fraction of sp³-hybridized carbons (Fsp3) is 0.435. The van der Waals surface area contributed by atoms with Gasteiger partial charge in [0.1, 0.15) is 17.2 Å². The van der Waals surface area contributed by atoms with Gasteiger partial charge in [0, 0.05) is 26.3 Å². The Kier molecular flexibility index (Phi) is 7.33. The molecule has 8 heteroatoms. The number of anilines is 1. The van der Waals surface area contributed by atoms with Gasteiger partial charge in [-0.3, -0.25) is 14.4 Å². The van der Waals surface area contributed by atoms with Crippen LogP contribution in [0.15, 0.2) is 41.3 Å². The van der Waals surface area contributed by atoms with E-state index >= 15 is 0 Å². The molecule has 1 aliphatic rings. The molecule has 0 saturated carbocycles. The molecular formula is C23H29N3O5. The van der Waals surface area contributed by atoms with Crippen molar-refractivity contribution < 1.29 is 19.1 Å². The molecule has 0 radical (unpaired) electrons. The van der Waals surface area contributed by atoms with Crippen molar-refractivity contribution in [2.45, 2.75) is 26.7 Å². The molecule has 2 heterocycles. The van der Waals surface area contributed by atoms with Gasteiger partial charge in [0.2, 0.25) is 0 Å². The van der Waals surface area contributed by atoms with E-state index in [1.807, 2.05) is 6.92 Å². The molecule has 8 nitrogen and oxygen atoms in total. The molecule has 1 aliphatic heterocycles. The summed E-state index contributed by atoms with van der Waals surface area (Å²) in [6, 6.07) is 8.36. The third-order valence-corrected chi connectivity index (χ3v) is 5.28. The summed E-state index contributed by atoms with van der Waals surface area (Å²) in [5, 5.41) is 2.57. The molecule has 2 aromatic rings. The quantitative estimate of drug-likeness (QED) is 0.734.